The van der Waals surface area contributed by atoms with Crippen LogP contribution < -0.4 is 5.32 Å². The van der Waals surface area contributed by atoms with Crippen molar-refractivity contribution in [2.75, 3.05) is 18.1 Å². The Morgan fingerprint density at radius 1 is 1.41 bits per heavy atom. The summed E-state index contributed by atoms with van der Waals surface area (Å²) in [6.45, 7) is 0.546. The number of hydrogen-bond acceptors (Lipinski definition) is 3. The average Bonchev–Trinajstić information content (AvgIpc) is 2.29. The quantitative estimate of drug-likeness (QED) is 0.539. The molecule has 0 aromatic carbocycles. The van der Waals surface area contributed by atoms with Gasteiger partial charge in [-0.25, -0.2) is 0 Å². The number of carboxylic acid groups (broad SMARTS) is 1. The number of amides is 1. The molecule has 0 saturated heterocycles. The second kappa shape index (κ2) is 8.17. The summed E-state index contributed by atoms with van der Waals surface area (Å²) in [5.74, 6) is -0.0132. The molecule has 5 heteroatoms. The van der Waals surface area contributed by atoms with Crippen LogP contribution in [0.5, 0.6) is 0 Å². The van der Waals surface area contributed by atoms with Crippen LogP contribution in [0.3, 0.4) is 0 Å². The summed E-state index contributed by atoms with van der Waals surface area (Å²) in [4.78, 5) is 21.8. The Balaban J connectivity index is 2.04. The first-order valence-electron chi connectivity index (χ1n) is 5.92. The van der Waals surface area contributed by atoms with Crippen molar-refractivity contribution in [2.24, 2.45) is 0 Å². The van der Waals surface area contributed by atoms with E-state index >= 15 is 0 Å². The van der Waals surface area contributed by atoms with Crippen LogP contribution in [0.4, 0.5) is 0 Å². The number of allylic oxidation sites excluding steroid dienone is 1. The van der Waals surface area contributed by atoms with Gasteiger partial charge in [-0.1, -0.05) is 11.6 Å². The molecule has 0 aromatic rings. The highest BCUT2D eigenvalue weighted by atomic mass is 32.2. The summed E-state index contributed by atoms with van der Waals surface area (Å²) < 4.78 is 0. The van der Waals surface area contributed by atoms with Gasteiger partial charge in [0, 0.05) is 18.7 Å². The number of thioether (sulfide) groups is 1. The van der Waals surface area contributed by atoms with Crippen molar-refractivity contribution in [3.05, 3.63) is 11.6 Å². The SMILES string of the molecule is O=C(O)CSCCNC(=O)CC1=CCCCC1. The molecular weight excluding hydrogens is 238 g/mol. The second-order valence-corrected chi connectivity index (χ2v) is 5.19. The third-order valence-corrected chi connectivity index (χ3v) is 3.51. The predicted molar refractivity (Wildman–Crippen MR) is 69.1 cm³/mol. The van der Waals surface area contributed by atoms with Crippen LogP contribution in [0.15, 0.2) is 11.6 Å². The first-order chi connectivity index (χ1) is 8.18. The second-order valence-electron chi connectivity index (χ2n) is 4.08. The molecule has 1 aliphatic rings. The zero-order valence-electron chi connectivity index (χ0n) is 9.91. The van der Waals surface area contributed by atoms with E-state index in [9.17, 15) is 9.59 Å². The fourth-order valence-corrected chi connectivity index (χ4v) is 2.32. The zero-order valence-corrected chi connectivity index (χ0v) is 10.7. The number of carboxylic acids is 1. The molecule has 4 nitrogen and oxygen atoms in total. The lowest BCUT2D eigenvalue weighted by Crippen LogP contribution is -2.26. The average molecular weight is 257 g/mol. The molecule has 0 spiro atoms. The van der Waals surface area contributed by atoms with E-state index in [0.29, 0.717) is 18.7 Å². The van der Waals surface area contributed by atoms with Gasteiger partial charge in [0.15, 0.2) is 0 Å². The fraction of sp³-hybridized carbons (Fsp3) is 0.667. The van der Waals surface area contributed by atoms with Gasteiger partial charge in [-0.05, 0) is 25.7 Å². The molecular formula is C12H19NO3S. The summed E-state index contributed by atoms with van der Waals surface area (Å²) >= 11 is 1.32. The molecule has 0 unspecified atom stereocenters. The first kappa shape index (κ1) is 14.1. The first-order valence-corrected chi connectivity index (χ1v) is 7.08. The Labute approximate surface area is 106 Å². The van der Waals surface area contributed by atoms with E-state index in [0.717, 1.165) is 12.8 Å². The maximum atomic E-state index is 11.5. The van der Waals surface area contributed by atoms with E-state index in [-0.39, 0.29) is 11.7 Å². The van der Waals surface area contributed by atoms with Gasteiger partial charge in [0.1, 0.15) is 0 Å². The molecule has 0 saturated carbocycles. The number of hydrogen-bond donors (Lipinski definition) is 2. The minimum atomic E-state index is -0.811. The van der Waals surface area contributed by atoms with Crippen molar-refractivity contribution < 1.29 is 14.7 Å². The van der Waals surface area contributed by atoms with Gasteiger partial charge in [-0.2, -0.15) is 0 Å². The van der Waals surface area contributed by atoms with Gasteiger partial charge in [0.2, 0.25) is 5.91 Å². The number of rotatable bonds is 7. The molecule has 0 radical (unpaired) electrons. The lowest BCUT2D eigenvalue weighted by Gasteiger charge is -2.12. The van der Waals surface area contributed by atoms with Gasteiger partial charge in [0.25, 0.3) is 0 Å². The van der Waals surface area contributed by atoms with Gasteiger partial charge >= 0.3 is 5.97 Å². The number of aliphatic carboxylic acids is 1. The summed E-state index contributed by atoms with van der Waals surface area (Å²) in [6, 6.07) is 0. The van der Waals surface area contributed by atoms with Crippen LogP contribution in [-0.2, 0) is 9.59 Å². The van der Waals surface area contributed by atoms with Gasteiger partial charge in [-0.3, -0.25) is 9.59 Å². The van der Waals surface area contributed by atoms with Crippen molar-refractivity contribution in [1.29, 1.82) is 0 Å². The number of carbonyl (C=O) groups is 2. The Bertz CT molecular complexity index is 302. The van der Waals surface area contributed by atoms with Crippen molar-refractivity contribution in [3.8, 4) is 0 Å². The highest BCUT2D eigenvalue weighted by Gasteiger charge is 2.08. The molecule has 2 N–H and O–H groups in total. The Kier molecular flexibility index (Phi) is 6.77. The smallest absolute Gasteiger partial charge is 0.313 e. The van der Waals surface area contributed by atoms with Crippen molar-refractivity contribution in [3.63, 3.8) is 0 Å². The Morgan fingerprint density at radius 3 is 2.88 bits per heavy atom. The van der Waals surface area contributed by atoms with Crippen molar-refractivity contribution in [2.45, 2.75) is 32.1 Å². The fourth-order valence-electron chi connectivity index (χ4n) is 1.76. The predicted octanol–water partition coefficient (Wildman–Crippen LogP) is 1.81. The summed E-state index contributed by atoms with van der Waals surface area (Å²) in [7, 11) is 0. The molecule has 0 aromatic heterocycles. The van der Waals surface area contributed by atoms with E-state index in [1.807, 2.05) is 0 Å². The largest absolute Gasteiger partial charge is 0.481 e. The number of carbonyl (C=O) groups excluding carboxylic acids is 1. The minimum Gasteiger partial charge on any atom is -0.481 e. The maximum absolute atomic E-state index is 11.5. The molecule has 0 aliphatic heterocycles. The maximum Gasteiger partial charge on any atom is 0.313 e. The molecule has 96 valence electrons. The van der Waals surface area contributed by atoms with E-state index in [2.05, 4.69) is 11.4 Å². The molecule has 1 aliphatic carbocycles. The van der Waals surface area contributed by atoms with Gasteiger partial charge in [-0.15, -0.1) is 11.8 Å². The minimum absolute atomic E-state index is 0.0501. The van der Waals surface area contributed by atoms with Crippen LogP contribution in [0.1, 0.15) is 32.1 Å². The van der Waals surface area contributed by atoms with Crippen LogP contribution in [0, 0.1) is 0 Å². The lowest BCUT2D eigenvalue weighted by atomic mass is 9.97. The summed E-state index contributed by atoms with van der Waals surface area (Å²) in [6.07, 6.45) is 7.23. The van der Waals surface area contributed by atoms with E-state index in [1.165, 1.54) is 30.2 Å². The summed E-state index contributed by atoms with van der Waals surface area (Å²) in [5, 5.41) is 11.2. The van der Waals surface area contributed by atoms with E-state index < -0.39 is 5.97 Å². The standard InChI is InChI=1S/C12H19NO3S/c14-11(8-10-4-2-1-3-5-10)13-6-7-17-9-12(15)16/h4H,1-3,5-9H2,(H,13,14)(H,15,16). The monoisotopic (exact) mass is 257 g/mol. The van der Waals surface area contributed by atoms with Crippen LogP contribution in [0.25, 0.3) is 0 Å². The third-order valence-electron chi connectivity index (χ3n) is 2.57. The van der Waals surface area contributed by atoms with Crippen molar-refractivity contribution in [1.82, 2.24) is 5.32 Å². The topological polar surface area (TPSA) is 66.4 Å². The zero-order chi connectivity index (χ0) is 12.5. The Hall–Kier alpha value is -0.970. The van der Waals surface area contributed by atoms with Crippen LogP contribution in [-0.4, -0.2) is 35.0 Å². The van der Waals surface area contributed by atoms with E-state index in [4.69, 9.17) is 5.11 Å². The van der Waals surface area contributed by atoms with Gasteiger partial charge < -0.3 is 10.4 Å². The van der Waals surface area contributed by atoms with Crippen LogP contribution in [0.2, 0.25) is 0 Å². The highest BCUT2D eigenvalue weighted by molar-refractivity contribution is 7.99. The Morgan fingerprint density at radius 2 is 2.24 bits per heavy atom. The molecule has 1 amide bonds. The normalized spacial score (nSPS) is 15.2. The lowest BCUT2D eigenvalue weighted by molar-refractivity contribution is -0.133. The van der Waals surface area contributed by atoms with Gasteiger partial charge in [0.05, 0.1) is 5.75 Å². The molecule has 0 heterocycles. The molecule has 17 heavy (non-hydrogen) atoms. The molecule has 0 bridgehead atoms. The third kappa shape index (κ3) is 7.05. The highest BCUT2D eigenvalue weighted by Crippen LogP contribution is 2.19. The number of nitrogens with one attached hydrogen (secondary N) is 1. The van der Waals surface area contributed by atoms with Crippen LogP contribution >= 0.6 is 11.8 Å². The van der Waals surface area contributed by atoms with E-state index in [1.54, 1.807) is 0 Å². The molecule has 0 fully saturated rings. The van der Waals surface area contributed by atoms with Crippen molar-refractivity contribution >= 4 is 23.6 Å². The molecule has 1 rings (SSSR count). The molecule has 0 atom stereocenters. The summed E-state index contributed by atoms with van der Waals surface area (Å²) in [5.41, 5.74) is 1.24.